The van der Waals surface area contributed by atoms with Crippen LogP contribution in [-0.4, -0.2) is 35.6 Å². The van der Waals surface area contributed by atoms with Gasteiger partial charge in [0.25, 0.3) is 0 Å². The lowest BCUT2D eigenvalue weighted by Gasteiger charge is -2.46. The van der Waals surface area contributed by atoms with Crippen LogP contribution < -0.4 is 5.32 Å². The molecule has 1 heterocycles. The van der Waals surface area contributed by atoms with Crippen molar-refractivity contribution in [3.63, 3.8) is 0 Å². The Morgan fingerprint density at radius 1 is 1.21 bits per heavy atom. The van der Waals surface area contributed by atoms with Crippen LogP contribution in [0.1, 0.15) is 67.7 Å². The van der Waals surface area contributed by atoms with Gasteiger partial charge >= 0.3 is 0 Å². The molecule has 0 aromatic heterocycles. The van der Waals surface area contributed by atoms with Crippen molar-refractivity contribution in [2.24, 2.45) is 11.8 Å². The average Bonchev–Trinajstić information content (AvgIpc) is 2.28. The second-order valence-electron chi connectivity index (χ2n) is 7.83. The molecular formula is C17H36N2. The lowest BCUT2D eigenvalue weighted by atomic mass is 9.84. The van der Waals surface area contributed by atoms with Gasteiger partial charge in [0.05, 0.1) is 0 Å². The van der Waals surface area contributed by atoms with Gasteiger partial charge in [-0.3, -0.25) is 4.90 Å². The van der Waals surface area contributed by atoms with Crippen LogP contribution >= 0.6 is 0 Å². The van der Waals surface area contributed by atoms with Gasteiger partial charge in [-0.15, -0.1) is 0 Å². The van der Waals surface area contributed by atoms with E-state index in [-0.39, 0.29) is 5.54 Å². The van der Waals surface area contributed by atoms with Crippen LogP contribution in [0, 0.1) is 11.8 Å². The molecule has 1 N–H and O–H groups in total. The minimum atomic E-state index is 0.224. The molecule has 114 valence electrons. The third kappa shape index (κ3) is 5.43. The summed E-state index contributed by atoms with van der Waals surface area (Å²) in [5.74, 6) is 1.68. The first-order valence-electron chi connectivity index (χ1n) is 8.25. The fourth-order valence-electron chi connectivity index (χ4n) is 3.38. The first kappa shape index (κ1) is 17.0. The van der Waals surface area contributed by atoms with Crippen LogP contribution in [0.4, 0.5) is 0 Å². The highest BCUT2D eigenvalue weighted by molar-refractivity contribution is 4.88. The summed E-state index contributed by atoms with van der Waals surface area (Å²) in [6, 6.07) is 1.43. The number of hydrogen-bond acceptors (Lipinski definition) is 2. The summed E-state index contributed by atoms with van der Waals surface area (Å²) >= 11 is 0. The van der Waals surface area contributed by atoms with Crippen molar-refractivity contribution in [1.82, 2.24) is 10.2 Å². The van der Waals surface area contributed by atoms with E-state index in [2.05, 4.69) is 58.7 Å². The number of nitrogens with zero attached hydrogens (tertiary/aromatic N) is 1. The van der Waals surface area contributed by atoms with Gasteiger partial charge in [-0.2, -0.15) is 0 Å². The van der Waals surface area contributed by atoms with Crippen LogP contribution in [-0.2, 0) is 0 Å². The molecule has 1 saturated heterocycles. The molecule has 0 radical (unpaired) electrons. The topological polar surface area (TPSA) is 15.3 Å². The van der Waals surface area contributed by atoms with Gasteiger partial charge in [-0.1, -0.05) is 27.2 Å². The quantitative estimate of drug-likeness (QED) is 0.813. The molecule has 0 saturated carbocycles. The normalized spacial score (nSPS) is 31.4. The fourth-order valence-corrected chi connectivity index (χ4v) is 3.38. The monoisotopic (exact) mass is 268 g/mol. The van der Waals surface area contributed by atoms with Crippen molar-refractivity contribution in [3.8, 4) is 0 Å². The van der Waals surface area contributed by atoms with E-state index in [1.165, 1.54) is 25.8 Å². The van der Waals surface area contributed by atoms with E-state index >= 15 is 0 Å². The van der Waals surface area contributed by atoms with E-state index in [1.54, 1.807) is 0 Å². The first-order chi connectivity index (χ1) is 8.74. The molecule has 4 atom stereocenters. The molecule has 19 heavy (non-hydrogen) atoms. The zero-order valence-electron chi connectivity index (χ0n) is 14.3. The number of piperidine rings is 1. The molecule has 1 aliphatic rings. The molecule has 2 nitrogen and oxygen atoms in total. The highest BCUT2D eigenvalue weighted by atomic mass is 15.2. The van der Waals surface area contributed by atoms with Crippen LogP contribution in [0.15, 0.2) is 0 Å². The minimum absolute atomic E-state index is 0.224. The van der Waals surface area contributed by atoms with Gasteiger partial charge in [-0.25, -0.2) is 0 Å². The Balaban J connectivity index is 2.67. The average molecular weight is 268 g/mol. The molecule has 2 heteroatoms. The van der Waals surface area contributed by atoms with Crippen LogP contribution in [0.2, 0.25) is 0 Å². The number of nitrogens with one attached hydrogen (secondary N) is 1. The molecule has 1 rings (SSSR count). The lowest BCUT2D eigenvalue weighted by Crippen LogP contribution is -2.55. The molecule has 1 fully saturated rings. The van der Waals surface area contributed by atoms with Crippen LogP contribution in [0.25, 0.3) is 0 Å². The van der Waals surface area contributed by atoms with E-state index in [4.69, 9.17) is 0 Å². The highest BCUT2D eigenvalue weighted by Crippen LogP contribution is 2.29. The minimum Gasteiger partial charge on any atom is -0.311 e. The second kappa shape index (κ2) is 7.08. The molecule has 0 spiro atoms. The van der Waals surface area contributed by atoms with Gasteiger partial charge < -0.3 is 5.32 Å². The van der Waals surface area contributed by atoms with Crippen molar-refractivity contribution in [2.45, 2.75) is 85.4 Å². The summed E-state index contributed by atoms with van der Waals surface area (Å²) in [5.41, 5.74) is 0.224. The standard InChI is InChI=1S/C17H36N2/c1-8-9-16(11-18-17(5,6)7)19-12-13(2)10-14(3)15(19)4/h13-16,18H,8-12H2,1-7H3. The maximum absolute atomic E-state index is 3.71. The van der Waals surface area contributed by atoms with Crippen LogP contribution in [0.5, 0.6) is 0 Å². The van der Waals surface area contributed by atoms with E-state index in [0.29, 0.717) is 6.04 Å². The summed E-state index contributed by atoms with van der Waals surface area (Å²) in [7, 11) is 0. The molecule has 0 bridgehead atoms. The highest BCUT2D eigenvalue weighted by Gasteiger charge is 2.33. The van der Waals surface area contributed by atoms with Crippen molar-refractivity contribution in [3.05, 3.63) is 0 Å². The number of hydrogen-bond donors (Lipinski definition) is 1. The Kier molecular flexibility index (Phi) is 6.32. The summed E-state index contributed by atoms with van der Waals surface area (Å²) in [6.07, 6.45) is 3.98. The molecular weight excluding hydrogens is 232 g/mol. The van der Waals surface area contributed by atoms with Crippen LogP contribution in [0.3, 0.4) is 0 Å². The largest absolute Gasteiger partial charge is 0.311 e. The predicted molar refractivity (Wildman–Crippen MR) is 85.6 cm³/mol. The van der Waals surface area contributed by atoms with E-state index < -0.39 is 0 Å². The fraction of sp³-hybridized carbons (Fsp3) is 1.00. The predicted octanol–water partition coefficient (Wildman–Crippen LogP) is 3.91. The third-order valence-electron chi connectivity index (χ3n) is 4.60. The molecule has 0 amide bonds. The Labute approximate surface area is 121 Å². The van der Waals surface area contributed by atoms with Gasteiger partial charge in [-0.05, 0) is 52.4 Å². The van der Waals surface area contributed by atoms with Crippen molar-refractivity contribution in [1.29, 1.82) is 0 Å². The first-order valence-corrected chi connectivity index (χ1v) is 8.25. The zero-order chi connectivity index (χ0) is 14.6. The second-order valence-corrected chi connectivity index (χ2v) is 7.83. The van der Waals surface area contributed by atoms with Gasteiger partial charge in [0, 0.05) is 30.7 Å². The van der Waals surface area contributed by atoms with E-state index in [1.807, 2.05) is 0 Å². The summed E-state index contributed by atoms with van der Waals surface area (Å²) < 4.78 is 0. The molecule has 0 aliphatic carbocycles. The lowest BCUT2D eigenvalue weighted by molar-refractivity contribution is 0.0343. The number of rotatable bonds is 5. The maximum Gasteiger partial charge on any atom is 0.0223 e. The smallest absolute Gasteiger partial charge is 0.0223 e. The van der Waals surface area contributed by atoms with Gasteiger partial charge in [0.1, 0.15) is 0 Å². The summed E-state index contributed by atoms with van der Waals surface area (Å²) in [4.78, 5) is 2.78. The Morgan fingerprint density at radius 2 is 1.84 bits per heavy atom. The Bertz CT molecular complexity index is 256. The molecule has 1 aliphatic heterocycles. The van der Waals surface area contributed by atoms with Gasteiger partial charge in [0.15, 0.2) is 0 Å². The van der Waals surface area contributed by atoms with E-state index in [0.717, 1.165) is 24.4 Å². The Hall–Kier alpha value is -0.0800. The summed E-state index contributed by atoms with van der Waals surface area (Å²) in [5, 5.41) is 3.71. The van der Waals surface area contributed by atoms with E-state index in [9.17, 15) is 0 Å². The molecule has 0 aromatic rings. The Morgan fingerprint density at radius 3 is 2.37 bits per heavy atom. The van der Waals surface area contributed by atoms with Crippen molar-refractivity contribution < 1.29 is 0 Å². The SMILES string of the molecule is CCCC(CNC(C)(C)C)N1CC(C)CC(C)C1C. The molecule has 0 aromatic carbocycles. The number of likely N-dealkylation sites (tertiary alicyclic amines) is 1. The zero-order valence-corrected chi connectivity index (χ0v) is 14.3. The third-order valence-corrected chi connectivity index (χ3v) is 4.60. The summed E-state index contributed by atoms with van der Waals surface area (Å²) in [6.45, 7) is 18.8. The maximum atomic E-state index is 3.71. The van der Waals surface area contributed by atoms with Crippen molar-refractivity contribution in [2.75, 3.05) is 13.1 Å². The van der Waals surface area contributed by atoms with Crippen molar-refractivity contribution >= 4 is 0 Å². The van der Waals surface area contributed by atoms with Gasteiger partial charge in [0.2, 0.25) is 0 Å². The molecule has 4 unspecified atom stereocenters.